The van der Waals surface area contributed by atoms with Gasteiger partial charge in [0, 0.05) is 34.3 Å². The van der Waals surface area contributed by atoms with E-state index >= 15 is 0 Å². The molecule has 0 fully saturated rings. The number of methoxy groups -OCH3 is 2. The van der Waals surface area contributed by atoms with Crippen LogP contribution in [0, 0.1) is 13.8 Å². The van der Waals surface area contributed by atoms with Gasteiger partial charge in [0.2, 0.25) is 0 Å². The second kappa shape index (κ2) is 10.6. The number of rotatable bonds is 7. The zero-order valence-corrected chi connectivity index (χ0v) is 19.1. The van der Waals surface area contributed by atoms with Gasteiger partial charge < -0.3 is 9.47 Å². The number of hydrogen-bond donors (Lipinski definition) is 2. The molecule has 2 amide bonds. The van der Waals surface area contributed by atoms with Gasteiger partial charge in [-0.2, -0.15) is 0 Å². The van der Waals surface area contributed by atoms with Crippen LogP contribution >= 0.6 is 11.8 Å². The highest BCUT2D eigenvalue weighted by Crippen LogP contribution is 2.22. The van der Waals surface area contributed by atoms with Gasteiger partial charge in [-0.15, -0.1) is 0 Å². The van der Waals surface area contributed by atoms with E-state index in [1.54, 1.807) is 30.3 Å². The summed E-state index contributed by atoms with van der Waals surface area (Å²) < 4.78 is 10.3. The zero-order chi connectivity index (χ0) is 23.1. The Bertz CT molecular complexity index is 1080. The lowest BCUT2D eigenvalue weighted by Gasteiger charge is -2.10. The first-order chi connectivity index (χ1) is 15.4. The molecule has 0 aliphatic rings. The molecule has 166 valence electrons. The number of ether oxygens (including phenoxy) is 2. The second-order valence-electron chi connectivity index (χ2n) is 6.93. The molecule has 0 spiro atoms. The number of nitrogens with zero attached hydrogens (tertiary/aromatic N) is 2. The highest BCUT2D eigenvalue weighted by molar-refractivity contribution is 7.98. The fraction of sp³-hybridized carbons (Fsp3) is 0.217. The summed E-state index contributed by atoms with van der Waals surface area (Å²) in [7, 11) is 2.99. The van der Waals surface area contributed by atoms with Gasteiger partial charge in [0.25, 0.3) is 11.8 Å². The van der Waals surface area contributed by atoms with Crippen molar-refractivity contribution >= 4 is 23.6 Å². The molecule has 0 bridgehead atoms. The largest absolute Gasteiger partial charge is 0.497 e. The van der Waals surface area contributed by atoms with Crippen molar-refractivity contribution in [3.63, 3.8) is 0 Å². The summed E-state index contributed by atoms with van der Waals surface area (Å²) in [6.07, 6.45) is 0. The number of benzene rings is 2. The van der Waals surface area contributed by atoms with Gasteiger partial charge >= 0.3 is 0 Å². The van der Waals surface area contributed by atoms with E-state index in [0.29, 0.717) is 28.4 Å². The van der Waals surface area contributed by atoms with Crippen molar-refractivity contribution in [3.05, 3.63) is 76.6 Å². The summed E-state index contributed by atoms with van der Waals surface area (Å²) in [5.41, 5.74) is 8.43. The fourth-order valence-electron chi connectivity index (χ4n) is 2.85. The molecule has 0 unspecified atom stereocenters. The molecule has 1 aromatic heterocycles. The topological polar surface area (TPSA) is 102 Å². The smallest absolute Gasteiger partial charge is 0.269 e. The first kappa shape index (κ1) is 23.1. The van der Waals surface area contributed by atoms with Crippen LogP contribution in [-0.4, -0.2) is 36.0 Å². The van der Waals surface area contributed by atoms with E-state index in [4.69, 9.17) is 9.47 Å². The van der Waals surface area contributed by atoms with Crippen molar-refractivity contribution in [3.8, 4) is 11.5 Å². The molecule has 3 aromatic rings. The molecule has 0 aliphatic carbocycles. The number of thioether (sulfide) groups is 1. The number of aryl methyl sites for hydroxylation is 2. The number of hydrazine groups is 1. The maximum atomic E-state index is 12.4. The predicted molar refractivity (Wildman–Crippen MR) is 122 cm³/mol. The Morgan fingerprint density at radius 2 is 1.34 bits per heavy atom. The normalized spacial score (nSPS) is 10.4. The zero-order valence-electron chi connectivity index (χ0n) is 18.3. The van der Waals surface area contributed by atoms with Crippen molar-refractivity contribution in [2.75, 3.05) is 14.2 Å². The molecule has 1 heterocycles. The van der Waals surface area contributed by atoms with E-state index in [0.717, 1.165) is 22.1 Å². The molecule has 8 nitrogen and oxygen atoms in total. The number of amides is 2. The van der Waals surface area contributed by atoms with E-state index in [9.17, 15) is 9.59 Å². The molecule has 3 rings (SSSR count). The van der Waals surface area contributed by atoms with Gasteiger partial charge in [0.05, 0.1) is 14.2 Å². The van der Waals surface area contributed by atoms with Gasteiger partial charge in [-0.3, -0.25) is 20.4 Å². The van der Waals surface area contributed by atoms with Crippen LogP contribution in [-0.2, 0) is 5.75 Å². The Morgan fingerprint density at radius 3 is 1.88 bits per heavy atom. The van der Waals surface area contributed by atoms with Crippen molar-refractivity contribution in [2.45, 2.75) is 24.8 Å². The van der Waals surface area contributed by atoms with Crippen molar-refractivity contribution in [2.24, 2.45) is 0 Å². The molecule has 32 heavy (non-hydrogen) atoms. The third-order valence-electron chi connectivity index (χ3n) is 4.45. The minimum Gasteiger partial charge on any atom is -0.497 e. The van der Waals surface area contributed by atoms with E-state index in [2.05, 4.69) is 20.8 Å². The summed E-state index contributed by atoms with van der Waals surface area (Å²) in [4.78, 5) is 33.6. The Labute approximate surface area is 190 Å². The molecular weight excluding hydrogens is 428 g/mol. The average molecular weight is 453 g/mol. The number of carbonyl (C=O) groups is 2. The van der Waals surface area contributed by atoms with E-state index in [1.165, 1.54) is 26.0 Å². The molecule has 0 saturated heterocycles. The first-order valence-electron chi connectivity index (χ1n) is 9.75. The Morgan fingerprint density at radius 1 is 0.812 bits per heavy atom. The molecule has 0 radical (unpaired) electrons. The second-order valence-corrected chi connectivity index (χ2v) is 7.87. The standard InChI is InChI=1S/C23H24N4O4S/c1-14-9-15(2)25-23(24-14)32-13-16-5-7-17(8-6-16)21(28)26-27-22(29)18-10-19(30-3)12-20(11-18)31-4/h5-12H,13H2,1-4H3,(H,26,28)(H,27,29). The minimum absolute atomic E-state index is 0.294. The van der Waals surface area contributed by atoms with Crippen molar-refractivity contribution < 1.29 is 19.1 Å². The lowest BCUT2D eigenvalue weighted by Crippen LogP contribution is -2.41. The number of carbonyl (C=O) groups excluding carboxylic acids is 2. The summed E-state index contributed by atoms with van der Waals surface area (Å²) in [6.45, 7) is 3.88. The number of hydrogen-bond acceptors (Lipinski definition) is 7. The maximum absolute atomic E-state index is 12.4. The Kier molecular flexibility index (Phi) is 7.67. The van der Waals surface area contributed by atoms with Crippen molar-refractivity contribution in [1.29, 1.82) is 0 Å². The Balaban J connectivity index is 1.56. The molecule has 2 aromatic carbocycles. The Hall–Kier alpha value is -3.59. The third kappa shape index (κ3) is 6.21. The van der Waals surface area contributed by atoms with Crippen LogP contribution in [0.3, 0.4) is 0 Å². The monoisotopic (exact) mass is 452 g/mol. The molecule has 0 saturated carbocycles. The van der Waals surface area contributed by atoms with Crippen LogP contribution < -0.4 is 20.3 Å². The van der Waals surface area contributed by atoms with Crippen molar-refractivity contribution in [1.82, 2.24) is 20.8 Å². The summed E-state index contributed by atoms with van der Waals surface area (Å²) in [5, 5.41) is 0.723. The molecule has 9 heteroatoms. The van der Waals surface area contributed by atoms with E-state index < -0.39 is 11.8 Å². The third-order valence-corrected chi connectivity index (χ3v) is 5.37. The average Bonchev–Trinajstić information content (AvgIpc) is 2.80. The highest BCUT2D eigenvalue weighted by Gasteiger charge is 2.12. The summed E-state index contributed by atoms with van der Waals surface area (Å²) in [6, 6.07) is 13.8. The number of aromatic nitrogens is 2. The van der Waals surface area contributed by atoms with Crippen LogP contribution in [0.4, 0.5) is 0 Å². The van der Waals surface area contributed by atoms with Crippen LogP contribution in [0.2, 0.25) is 0 Å². The minimum atomic E-state index is -0.489. The fourth-order valence-corrected chi connectivity index (χ4v) is 3.76. The summed E-state index contributed by atoms with van der Waals surface area (Å²) in [5.74, 6) is 0.710. The van der Waals surface area contributed by atoms with E-state index in [-0.39, 0.29) is 0 Å². The first-order valence-corrected chi connectivity index (χ1v) is 10.7. The SMILES string of the molecule is COc1cc(OC)cc(C(=O)NNC(=O)c2ccc(CSc3nc(C)cc(C)n3)cc2)c1. The quantitative estimate of drug-likeness (QED) is 0.321. The molecular formula is C23H24N4O4S. The van der Waals surface area contributed by atoms with Crippen LogP contribution in [0.15, 0.2) is 53.7 Å². The molecule has 0 atom stereocenters. The highest BCUT2D eigenvalue weighted by atomic mass is 32.2. The lowest BCUT2D eigenvalue weighted by atomic mass is 10.1. The van der Waals surface area contributed by atoms with Gasteiger partial charge in [-0.1, -0.05) is 23.9 Å². The van der Waals surface area contributed by atoms with Gasteiger partial charge in [0.15, 0.2) is 5.16 Å². The van der Waals surface area contributed by atoms with E-state index in [1.807, 2.05) is 32.0 Å². The predicted octanol–water partition coefficient (Wildman–Crippen LogP) is 3.48. The van der Waals surface area contributed by atoms with Crippen LogP contribution in [0.5, 0.6) is 11.5 Å². The van der Waals surface area contributed by atoms with Crippen LogP contribution in [0.25, 0.3) is 0 Å². The van der Waals surface area contributed by atoms with Gasteiger partial charge in [0.1, 0.15) is 11.5 Å². The van der Waals surface area contributed by atoms with Gasteiger partial charge in [-0.05, 0) is 49.7 Å². The van der Waals surface area contributed by atoms with Crippen LogP contribution in [0.1, 0.15) is 37.7 Å². The maximum Gasteiger partial charge on any atom is 0.269 e. The lowest BCUT2D eigenvalue weighted by molar-refractivity contribution is 0.0846. The number of nitrogens with one attached hydrogen (secondary N) is 2. The molecule has 2 N–H and O–H groups in total. The van der Waals surface area contributed by atoms with Gasteiger partial charge in [-0.25, -0.2) is 9.97 Å². The molecule has 0 aliphatic heterocycles. The summed E-state index contributed by atoms with van der Waals surface area (Å²) >= 11 is 1.53.